The zero-order valence-corrected chi connectivity index (χ0v) is 20.3. The second-order valence-corrected chi connectivity index (χ2v) is 9.68. The van der Waals surface area contributed by atoms with Crippen LogP contribution in [0.4, 0.5) is 4.39 Å². The summed E-state index contributed by atoms with van der Waals surface area (Å²) in [6, 6.07) is 10.6. The molecule has 0 aliphatic rings. The van der Waals surface area contributed by atoms with Crippen LogP contribution in [-0.2, 0) is 14.3 Å². The number of aliphatic hydroxyl groups is 1. The van der Waals surface area contributed by atoms with E-state index in [9.17, 15) is 23.9 Å². The summed E-state index contributed by atoms with van der Waals surface area (Å²) in [5, 5.41) is 14.7. The van der Waals surface area contributed by atoms with E-state index >= 15 is 0 Å². The van der Waals surface area contributed by atoms with Gasteiger partial charge in [0.15, 0.2) is 12.6 Å². The first-order chi connectivity index (χ1) is 15.5. The fourth-order valence-electron chi connectivity index (χ4n) is 3.08. The van der Waals surface area contributed by atoms with Gasteiger partial charge in [-0.05, 0) is 47.7 Å². The third-order valence-corrected chi connectivity index (χ3v) is 5.12. The summed E-state index contributed by atoms with van der Waals surface area (Å²) in [5.41, 5.74) is 0.875. The molecule has 2 amide bonds. The van der Waals surface area contributed by atoms with Gasteiger partial charge in [-0.15, -0.1) is 0 Å². The lowest BCUT2D eigenvalue weighted by molar-refractivity contribution is -0.151. The molecule has 3 N–H and O–H groups in total. The first-order valence-corrected chi connectivity index (χ1v) is 11.2. The quantitative estimate of drug-likeness (QED) is 0.437. The zero-order chi connectivity index (χ0) is 24.6. The number of ether oxygens (including phenoxy) is 1. The van der Waals surface area contributed by atoms with Crippen LogP contribution >= 0.6 is 15.9 Å². The van der Waals surface area contributed by atoms with Gasteiger partial charge in [-0.2, -0.15) is 0 Å². The van der Waals surface area contributed by atoms with Crippen LogP contribution in [0.5, 0.6) is 0 Å². The van der Waals surface area contributed by atoms with Gasteiger partial charge >= 0.3 is 5.97 Å². The molecule has 33 heavy (non-hydrogen) atoms. The standard InChI is InChI=1S/C24H28BrFN2O5/c1-24(2,3)12-19(15-7-9-18(26)10-8-15)27-21(30)14-33-23(32)20(13-29)28-22(31)16-5-4-6-17(25)11-16/h4-11,19-20,29H,12-14H2,1-3H3,(H,27,30)(H,28,31). The minimum Gasteiger partial charge on any atom is -0.454 e. The fourth-order valence-corrected chi connectivity index (χ4v) is 3.48. The van der Waals surface area contributed by atoms with Crippen molar-refractivity contribution in [1.29, 1.82) is 0 Å². The van der Waals surface area contributed by atoms with Crippen molar-refractivity contribution in [2.45, 2.75) is 39.3 Å². The Morgan fingerprint density at radius 1 is 1.09 bits per heavy atom. The molecule has 0 saturated heterocycles. The largest absolute Gasteiger partial charge is 0.454 e. The maximum Gasteiger partial charge on any atom is 0.331 e. The summed E-state index contributed by atoms with van der Waals surface area (Å²) in [6.45, 7) is 4.74. The molecular formula is C24H28BrFN2O5. The highest BCUT2D eigenvalue weighted by Crippen LogP contribution is 2.29. The van der Waals surface area contributed by atoms with E-state index in [0.29, 0.717) is 10.9 Å². The lowest BCUT2D eigenvalue weighted by atomic mass is 9.85. The monoisotopic (exact) mass is 522 g/mol. The summed E-state index contributed by atoms with van der Waals surface area (Å²) < 4.78 is 19.0. The summed E-state index contributed by atoms with van der Waals surface area (Å²) in [4.78, 5) is 37.1. The highest BCUT2D eigenvalue weighted by molar-refractivity contribution is 9.10. The van der Waals surface area contributed by atoms with Crippen LogP contribution in [0.25, 0.3) is 0 Å². The minimum absolute atomic E-state index is 0.137. The predicted molar refractivity (Wildman–Crippen MR) is 125 cm³/mol. The predicted octanol–water partition coefficient (Wildman–Crippen LogP) is 3.52. The van der Waals surface area contributed by atoms with Gasteiger partial charge in [0.1, 0.15) is 5.82 Å². The van der Waals surface area contributed by atoms with Crippen molar-refractivity contribution in [2.75, 3.05) is 13.2 Å². The summed E-state index contributed by atoms with van der Waals surface area (Å²) in [6.07, 6.45) is 0.570. The Labute approximate surface area is 200 Å². The zero-order valence-electron chi connectivity index (χ0n) is 18.7. The van der Waals surface area contributed by atoms with E-state index in [0.717, 1.165) is 5.56 Å². The van der Waals surface area contributed by atoms with Gasteiger partial charge in [0.05, 0.1) is 12.6 Å². The number of hydrogen-bond donors (Lipinski definition) is 3. The van der Waals surface area contributed by atoms with Crippen LogP contribution in [0.15, 0.2) is 53.0 Å². The van der Waals surface area contributed by atoms with E-state index in [1.807, 2.05) is 20.8 Å². The number of esters is 1. The van der Waals surface area contributed by atoms with Crippen molar-refractivity contribution in [3.8, 4) is 0 Å². The maximum absolute atomic E-state index is 13.3. The second-order valence-electron chi connectivity index (χ2n) is 8.76. The third-order valence-electron chi connectivity index (χ3n) is 4.63. The first-order valence-electron chi connectivity index (χ1n) is 10.4. The normalized spacial score (nSPS) is 13.0. The molecule has 0 spiro atoms. The van der Waals surface area contributed by atoms with E-state index < -0.39 is 43.1 Å². The van der Waals surface area contributed by atoms with Gasteiger partial charge in [-0.1, -0.05) is 54.9 Å². The maximum atomic E-state index is 13.3. The van der Waals surface area contributed by atoms with Crippen LogP contribution in [0.3, 0.4) is 0 Å². The Kier molecular flexibility index (Phi) is 9.55. The number of amides is 2. The summed E-state index contributed by atoms with van der Waals surface area (Å²) in [5.74, 6) is -2.45. The van der Waals surface area contributed by atoms with Gasteiger partial charge in [0.2, 0.25) is 0 Å². The Morgan fingerprint density at radius 3 is 2.33 bits per heavy atom. The molecule has 0 heterocycles. The average molecular weight is 523 g/mol. The van der Waals surface area contributed by atoms with E-state index in [1.165, 1.54) is 12.1 Å². The highest BCUT2D eigenvalue weighted by atomic mass is 79.9. The molecule has 0 aliphatic carbocycles. The molecule has 2 rings (SSSR count). The van der Waals surface area contributed by atoms with Gasteiger partial charge in [-0.3, -0.25) is 9.59 Å². The summed E-state index contributed by atoms with van der Waals surface area (Å²) >= 11 is 3.26. The SMILES string of the molecule is CC(C)(C)CC(NC(=O)COC(=O)C(CO)NC(=O)c1cccc(Br)c1)c1ccc(F)cc1. The average Bonchev–Trinajstić information content (AvgIpc) is 2.74. The Balaban J connectivity index is 1.96. The number of carbonyl (C=O) groups is 3. The van der Waals surface area contributed by atoms with Crippen molar-refractivity contribution >= 4 is 33.7 Å². The topological polar surface area (TPSA) is 105 Å². The second kappa shape index (κ2) is 11.9. The van der Waals surface area contributed by atoms with Crippen molar-refractivity contribution < 1.29 is 28.6 Å². The Morgan fingerprint density at radius 2 is 1.76 bits per heavy atom. The fraction of sp³-hybridized carbons (Fsp3) is 0.375. The summed E-state index contributed by atoms with van der Waals surface area (Å²) in [7, 11) is 0. The molecule has 0 fully saturated rings. The van der Waals surface area contributed by atoms with Gasteiger partial charge in [0, 0.05) is 10.0 Å². The number of halogens is 2. The number of aliphatic hydroxyl groups excluding tert-OH is 1. The van der Waals surface area contributed by atoms with Crippen LogP contribution in [0.2, 0.25) is 0 Å². The number of nitrogens with one attached hydrogen (secondary N) is 2. The molecule has 0 saturated carbocycles. The Hall–Kier alpha value is -2.78. The number of hydrogen-bond acceptors (Lipinski definition) is 5. The van der Waals surface area contributed by atoms with Crippen LogP contribution in [0.1, 0.15) is 49.2 Å². The van der Waals surface area contributed by atoms with Crippen LogP contribution in [0, 0.1) is 11.2 Å². The van der Waals surface area contributed by atoms with E-state index in [1.54, 1.807) is 36.4 Å². The molecular weight excluding hydrogens is 495 g/mol. The molecule has 2 aromatic rings. The molecule has 0 bridgehead atoms. The van der Waals surface area contributed by atoms with Gasteiger partial charge in [-0.25, -0.2) is 9.18 Å². The molecule has 7 nitrogen and oxygen atoms in total. The lowest BCUT2D eigenvalue weighted by Crippen LogP contribution is -2.45. The molecule has 9 heteroatoms. The van der Waals surface area contributed by atoms with Gasteiger partial charge in [0.25, 0.3) is 11.8 Å². The van der Waals surface area contributed by atoms with E-state index in [4.69, 9.17) is 4.74 Å². The van der Waals surface area contributed by atoms with Crippen molar-refractivity contribution in [2.24, 2.45) is 5.41 Å². The number of carbonyl (C=O) groups excluding carboxylic acids is 3. The minimum atomic E-state index is -1.33. The molecule has 2 atom stereocenters. The van der Waals surface area contributed by atoms with E-state index in [2.05, 4.69) is 26.6 Å². The molecule has 0 aliphatic heterocycles. The number of benzene rings is 2. The molecule has 2 aromatic carbocycles. The lowest BCUT2D eigenvalue weighted by Gasteiger charge is -2.27. The molecule has 2 unspecified atom stereocenters. The first kappa shape index (κ1) is 26.5. The molecule has 178 valence electrons. The van der Waals surface area contributed by atoms with Crippen LogP contribution < -0.4 is 10.6 Å². The van der Waals surface area contributed by atoms with Gasteiger partial charge < -0.3 is 20.5 Å². The molecule has 0 radical (unpaired) electrons. The smallest absolute Gasteiger partial charge is 0.331 e. The number of rotatable bonds is 9. The Bertz CT molecular complexity index is 976. The highest BCUT2D eigenvalue weighted by Gasteiger charge is 2.25. The van der Waals surface area contributed by atoms with E-state index in [-0.39, 0.29) is 16.8 Å². The van der Waals surface area contributed by atoms with Crippen molar-refractivity contribution in [3.63, 3.8) is 0 Å². The molecule has 0 aromatic heterocycles. The van der Waals surface area contributed by atoms with Crippen molar-refractivity contribution in [3.05, 3.63) is 69.9 Å². The van der Waals surface area contributed by atoms with Crippen molar-refractivity contribution in [1.82, 2.24) is 10.6 Å². The third kappa shape index (κ3) is 8.94. The van der Waals surface area contributed by atoms with Crippen LogP contribution in [-0.4, -0.2) is 42.1 Å².